The van der Waals surface area contributed by atoms with E-state index in [1.165, 1.54) is 6.92 Å². The molecule has 1 heterocycles. The van der Waals surface area contributed by atoms with Gasteiger partial charge in [0, 0.05) is 13.3 Å². The average Bonchev–Trinajstić information content (AvgIpc) is 2.50. The predicted octanol–water partition coefficient (Wildman–Crippen LogP) is 2.62. The van der Waals surface area contributed by atoms with Gasteiger partial charge in [0.15, 0.2) is 5.75 Å². The van der Waals surface area contributed by atoms with Crippen molar-refractivity contribution in [1.29, 1.82) is 0 Å². The van der Waals surface area contributed by atoms with Crippen LogP contribution in [0.2, 0.25) is 0 Å². The zero-order valence-electron chi connectivity index (χ0n) is 13.8. The van der Waals surface area contributed by atoms with E-state index in [0.29, 0.717) is 12.2 Å². The second-order valence-electron chi connectivity index (χ2n) is 5.19. The van der Waals surface area contributed by atoms with Crippen molar-refractivity contribution in [2.24, 2.45) is 0 Å². The lowest BCUT2D eigenvalue weighted by Gasteiger charge is -2.14. The Labute approximate surface area is 138 Å². The molecule has 1 aromatic carbocycles. The molecule has 0 saturated heterocycles. The first kappa shape index (κ1) is 17.7. The number of aromatic hydroxyl groups is 1. The number of hydrogen-bond donors (Lipinski definition) is 1. The molecule has 1 unspecified atom stereocenters. The van der Waals surface area contributed by atoms with Crippen LogP contribution in [-0.2, 0) is 9.53 Å². The molecule has 7 nitrogen and oxygen atoms in total. The van der Waals surface area contributed by atoms with Crippen molar-refractivity contribution in [1.82, 2.24) is 0 Å². The van der Waals surface area contributed by atoms with Crippen LogP contribution in [0.3, 0.4) is 0 Å². The summed E-state index contributed by atoms with van der Waals surface area (Å²) in [4.78, 5) is 22.7. The maximum Gasteiger partial charge on any atom is 0.383 e. The van der Waals surface area contributed by atoms with Crippen LogP contribution in [0.15, 0.2) is 27.4 Å². The van der Waals surface area contributed by atoms with E-state index in [1.807, 2.05) is 0 Å². The van der Waals surface area contributed by atoms with E-state index in [1.54, 1.807) is 32.0 Å². The predicted molar refractivity (Wildman–Crippen MR) is 86.7 cm³/mol. The molecule has 0 aliphatic carbocycles. The van der Waals surface area contributed by atoms with Gasteiger partial charge in [-0.3, -0.25) is 4.79 Å². The highest BCUT2D eigenvalue weighted by atomic mass is 16.5. The van der Waals surface area contributed by atoms with Gasteiger partial charge in [-0.05, 0) is 26.0 Å². The van der Waals surface area contributed by atoms with Crippen molar-refractivity contribution < 1.29 is 28.5 Å². The van der Waals surface area contributed by atoms with Crippen LogP contribution in [0.4, 0.5) is 0 Å². The lowest BCUT2D eigenvalue weighted by atomic mass is 10.2. The minimum atomic E-state index is -0.748. The minimum absolute atomic E-state index is 0.200. The van der Waals surface area contributed by atoms with E-state index in [9.17, 15) is 14.7 Å². The number of carbonyl (C=O) groups is 1. The molecule has 0 radical (unpaired) electrons. The number of fused-ring (bicyclic) bond motifs is 1. The van der Waals surface area contributed by atoms with Crippen LogP contribution in [-0.4, -0.2) is 30.4 Å². The average molecular weight is 336 g/mol. The molecule has 0 saturated carbocycles. The van der Waals surface area contributed by atoms with E-state index in [4.69, 9.17) is 18.6 Å². The molecular weight excluding hydrogens is 316 g/mol. The fourth-order valence-electron chi connectivity index (χ4n) is 2.25. The first-order valence-electron chi connectivity index (χ1n) is 7.65. The summed E-state index contributed by atoms with van der Waals surface area (Å²) in [7, 11) is 0. The number of rotatable bonds is 7. The first-order valence-corrected chi connectivity index (χ1v) is 7.65. The van der Waals surface area contributed by atoms with Crippen molar-refractivity contribution in [3.8, 4) is 17.2 Å². The molecule has 2 aromatic rings. The second kappa shape index (κ2) is 7.72. The summed E-state index contributed by atoms with van der Waals surface area (Å²) in [6, 6.07) is 4.85. The molecule has 2 rings (SSSR count). The van der Waals surface area contributed by atoms with Crippen LogP contribution in [0.1, 0.15) is 27.2 Å². The summed E-state index contributed by atoms with van der Waals surface area (Å²) >= 11 is 0. The molecule has 0 fully saturated rings. The Kier molecular flexibility index (Phi) is 5.68. The molecular formula is C17H20O7. The van der Waals surface area contributed by atoms with Crippen LogP contribution in [0.25, 0.3) is 11.0 Å². The SMILES string of the molecule is CCOc1c(O)c2c(OCCC(C)OC(C)=O)cccc2oc1=O. The maximum absolute atomic E-state index is 11.8. The molecule has 1 N–H and O–H groups in total. The summed E-state index contributed by atoms with van der Waals surface area (Å²) in [5, 5.41) is 10.6. The van der Waals surface area contributed by atoms with Gasteiger partial charge in [0.2, 0.25) is 5.75 Å². The van der Waals surface area contributed by atoms with E-state index in [-0.39, 0.29) is 47.8 Å². The third-order valence-corrected chi connectivity index (χ3v) is 3.27. The molecule has 1 aromatic heterocycles. The summed E-state index contributed by atoms with van der Waals surface area (Å²) in [5.41, 5.74) is -0.547. The summed E-state index contributed by atoms with van der Waals surface area (Å²) in [6.45, 7) is 5.28. The zero-order valence-corrected chi connectivity index (χ0v) is 13.8. The molecule has 0 aliphatic rings. The van der Waals surface area contributed by atoms with Gasteiger partial charge in [0.05, 0.1) is 13.2 Å². The van der Waals surface area contributed by atoms with Crippen molar-refractivity contribution in [2.45, 2.75) is 33.3 Å². The number of carbonyl (C=O) groups excluding carboxylic acids is 1. The Bertz CT molecular complexity index is 778. The van der Waals surface area contributed by atoms with Crippen molar-refractivity contribution >= 4 is 16.9 Å². The molecule has 0 bridgehead atoms. The molecule has 0 spiro atoms. The molecule has 7 heteroatoms. The quantitative estimate of drug-likeness (QED) is 0.613. The van der Waals surface area contributed by atoms with Crippen LogP contribution in [0, 0.1) is 0 Å². The fourth-order valence-corrected chi connectivity index (χ4v) is 2.25. The smallest absolute Gasteiger partial charge is 0.383 e. The largest absolute Gasteiger partial charge is 0.503 e. The van der Waals surface area contributed by atoms with Crippen molar-refractivity contribution in [3.63, 3.8) is 0 Å². The zero-order chi connectivity index (χ0) is 17.7. The van der Waals surface area contributed by atoms with Gasteiger partial charge in [0.25, 0.3) is 0 Å². The third kappa shape index (κ3) is 3.98. The van der Waals surface area contributed by atoms with E-state index in [0.717, 1.165) is 0 Å². The van der Waals surface area contributed by atoms with Crippen LogP contribution >= 0.6 is 0 Å². The van der Waals surface area contributed by atoms with Gasteiger partial charge in [0.1, 0.15) is 22.8 Å². The Morgan fingerprint density at radius 1 is 1.33 bits per heavy atom. The third-order valence-electron chi connectivity index (χ3n) is 3.27. The van der Waals surface area contributed by atoms with Crippen LogP contribution in [0.5, 0.6) is 17.2 Å². The number of ether oxygens (including phenoxy) is 3. The van der Waals surface area contributed by atoms with Gasteiger partial charge in [-0.25, -0.2) is 4.79 Å². The number of esters is 1. The maximum atomic E-state index is 11.8. The number of hydrogen-bond acceptors (Lipinski definition) is 7. The number of benzene rings is 1. The summed E-state index contributed by atoms with van der Waals surface area (Å²) < 4.78 is 21.0. The minimum Gasteiger partial charge on any atom is -0.503 e. The highest BCUT2D eigenvalue weighted by Crippen LogP contribution is 2.37. The molecule has 0 amide bonds. The Morgan fingerprint density at radius 3 is 2.75 bits per heavy atom. The highest BCUT2D eigenvalue weighted by Gasteiger charge is 2.18. The fraction of sp³-hybridized carbons (Fsp3) is 0.412. The summed E-state index contributed by atoms with van der Waals surface area (Å²) in [5.74, 6) is -0.556. The van der Waals surface area contributed by atoms with Crippen molar-refractivity contribution in [3.05, 3.63) is 28.6 Å². The molecule has 1 atom stereocenters. The lowest BCUT2D eigenvalue weighted by Crippen LogP contribution is -2.15. The van der Waals surface area contributed by atoms with E-state index < -0.39 is 5.63 Å². The standard InChI is InChI=1S/C17H20O7/c1-4-21-16-15(19)14-12(6-5-7-13(14)24-17(16)20)22-9-8-10(2)23-11(3)18/h5-7,10,19H,4,8-9H2,1-3H3. The Hall–Kier alpha value is -2.70. The Balaban J connectivity index is 2.25. The van der Waals surface area contributed by atoms with Crippen molar-refractivity contribution in [2.75, 3.05) is 13.2 Å². The monoisotopic (exact) mass is 336 g/mol. The van der Waals surface area contributed by atoms with Gasteiger partial charge in [-0.1, -0.05) is 6.07 Å². The highest BCUT2D eigenvalue weighted by molar-refractivity contribution is 5.91. The first-order chi connectivity index (χ1) is 11.4. The second-order valence-corrected chi connectivity index (χ2v) is 5.19. The topological polar surface area (TPSA) is 95.2 Å². The summed E-state index contributed by atoms with van der Waals surface area (Å²) in [6.07, 6.45) is 0.189. The van der Waals surface area contributed by atoms with Gasteiger partial charge < -0.3 is 23.7 Å². The lowest BCUT2D eigenvalue weighted by molar-refractivity contribution is -0.145. The van der Waals surface area contributed by atoms with Crippen LogP contribution < -0.4 is 15.1 Å². The van der Waals surface area contributed by atoms with E-state index in [2.05, 4.69) is 0 Å². The molecule has 130 valence electrons. The Morgan fingerprint density at radius 2 is 2.08 bits per heavy atom. The molecule has 24 heavy (non-hydrogen) atoms. The van der Waals surface area contributed by atoms with Gasteiger partial charge in [-0.2, -0.15) is 0 Å². The van der Waals surface area contributed by atoms with Gasteiger partial charge >= 0.3 is 11.6 Å². The van der Waals surface area contributed by atoms with E-state index >= 15 is 0 Å². The normalized spacial score (nSPS) is 12.0. The molecule has 0 aliphatic heterocycles. The van der Waals surface area contributed by atoms with Gasteiger partial charge in [-0.15, -0.1) is 0 Å².